The normalized spacial score (nSPS) is 22.7. The van der Waals surface area contributed by atoms with Crippen LogP contribution in [0.4, 0.5) is 0 Å². The van der Waals surface area contributed by atoms with Gasteiger partial charge in [0.05, 0.1) is 11.0 Å². The minimum Gasteiger partial charge on any atom is -0.481 e. The van der Waals surface area contributed by atoms with Crippen LogP contribution >= 0.6 is 11.8 Å². The average Bonchev–Trinajstić information content (AvgIpc) is 2.05. The van der Waals surface area contributed by atoms with Crippen molar-refractivity contribution < 1.29 is 15.0 Å². The van der Waals surface area contributed by atoms with Gasteiger partial charge in [-0.3, -0.25) is 4.79 Å². The Morgan fingerprint density at radius 2 is 1.85 bits per heavy atom. The van der Waals surface area contributed by atoms with Crippen molar-refractivity contribution in [3.63, 3.8) is 0 Å². The Kier molecular flexibility index (Phi) is 2.92. The molecule has 13 heavy (non-hydrogen) atoms. The molecule has 1 fully saturated rings. The Morgan fingerprint density at radius 1 is 1.38 bits per heavy atom. The molecule has 2 N–H and O–H groups in total. The number of hydrogen-bond acceptors (Lipinski definition) is 3. The summed E-state index contributed by atoms with van der Waals surface area (Å²) >= 11 is 1.77. The molecule has 0 atom stereocenters. The SMILES string of the molecule is CC(C)(C(=O)O)C1(O)CCSCC1. The van der Waals surface area contributed by atoms with Crippen molar-refractivity contribution in [1.29, 1.82) is 0 Å². The van der Waals surface area contributed by atoms with Crippen LogP contribution in [0.5, 0.6) is 0 Å². The van der Waals surface area contributed by atoms with Gasteiger partial charge in [-0.15, -0.1) is 0 Å². The second kappa shape index (κ2) is 3.50. The fourth-order valence-electron chi connectivity index (χ4n) is 1.53. The Balaban J connectivity index is 2.82. The molecule has 3 nitrogen and oxygen atoms in total. The predicted molar refractivity (Wildman–Crippen MR) is 52.9 cm³/mol. The van der Waals surface area contributed by atoms with Gasteiger partial charge in [0.25, 0.3) is 0 Å². The first-order valence-corrected chi connectivity index (χ1v) is 5.59. The molecule has 4 heteroatoms. The lowest BCUT2D eigenvalue weighted by molar-refractivity contribution is -0.165. The van der Waals surface area contributed by atoms with Gasteiger partial charge in [-0.25, -0.2) is 0 Å². The van der Waals surface area contributed by atoms with Crippen LogP contribution in [0.25, 0.3) is 0 Å². The zero-order valence-corrected chi connectivity index (χ0v) is 8.86. The fraction of sp³-hybridized carbons (Fsp3) is 0.889. The topological polar surface area (TPSA) is 57.5 Å². The second-order valence-corrected chi connectivity index (χ2v) is 5.30. The maximum Gasteiger partial charge on any atom is 0.312 e. The number of carboxylic acid groups (broad SMARTS) is 1. The molecule has 1 heterocycles. The van der Waals surface area contributed by atoms with Crippen LogP contribution in [-0.4, -0.2) is 33.3 Å². The van der Waals surface area contributed by atoms with E-state index in [1.165, 1.54) is 0 Å². The Bertz CT molecular complexity index is 207. The van der Waals surface area contributed by atoms with Crippen molar-refractivity contribution in [2.75, 3.05) is 11.5 Å². The number of aliphatic hydroxyl groups is 1. The summed E-state index contributed by atoms with van der Waals surface area (Å²) in [6, 6.07) is 0. The zero-order chi connectivity index (χ0) is 10.1. The minimum atomic E-state index is -1.03. The van der Waals surface area contributed by atoms with Gasteiger partial charge in [0.15, 0.2) is 0 Å². The molecule has 0 amide bonds. The van der Waals surface area contributed by atoms with E-state index in [0.29, 0.717) is 12.8 Å². The fourth-order valence-corrected chi connectivity index (χ4v) is 2.70. The van der Waals surface area contributed by atoms with Gasteiger partial charge in [-0.2, -0.15) is 11.8 Å². The largest absolute Gasteiger partial charge is 0.481 e. The van der Waals surface area contributed by atoms with Crippen molar-refractivity contribution >= 4 is 17.7 Å². The van der Waals surface area contributed by atoms with Crippen molar-refractivity contribution in [3.05, 3.63) is 0 Å². The van der Waals surface area contributed by atoms with E-state index in [2.05, 4.69) is 0 Å². The Morgan fingerprint density at radius 3 is 2.23 bits per heavy atom. The molecule has 0 saturated carbocycles. The van der Waals surface area contributed by atoms with Crippen LogP contribution in [0, 0.1) is 5.41 Å². The van der Waals surface area contributed by atoms with Gasteiger partial charge in [0, 0.05) is 0 Å². The highest BCUT2D eigenvalue weighted by molar-refractivity contribution is 7.99. The molecule has 1 aliphatic rings. The summed E-state index contributed by atoms with van der Waals surface area (Å²) < 4.78 is 0. The maximum atomic E-state index is 11.0. The van der Waals surface area contributed by atoms with Gasteiger partial charge in [-0.1, -0.05) is 0 Å². The molecular formula is C9H16O3S. The number of rotatable bonds is 2. The van der Waals surface area contributed by atoms with Gasteiger partial charge in [0.2, 0.25) is 0 Å². The standard InChI is InChI=1S/C9H16O3S/c1-8(2,7(10)11)9(12)3-5-13-6-4-9/h12H,3-6H2,1-2H3,(H,10,11). The quantitative estimate of drug-likeness (QED) is 0.713. The summed E-state index contributed by atoms with van der Waals surface area (Å²) in [6.07, 6.45) is 1.16. The van der Waals surface area contributed by atoms with Crippen molar-refractivity contribution in [2.24, 2.45) is 5.41 Å². The highest BCUT2D eigenvalue weighted by atomic mass is 32.2. The molecule has 1 saturated heterocycles. The molecule has 0 aliphatic carbocycles. The molecule has 0 spiro atoms. The van der Waals surface area contributed by atoms with Gasteiger partial charge in [-0.05, 0) is 38.2 Å². The Hall–Kier alpha value is -0.220. The van der Waals surface area contributed by atoms with Crippen LogP contribution < -0.4 is 0 Å². The molecule has 0 aromatic heterocycles. The van der Waals surface area contributed by atoms with Crippen molar-refractivity contribution in [3.8, 4) is 0 Å². The van der Waals surface area contributed by atoms with E-state index in [0.717, 1.165) is 11.5 Å². The van der Waals surface area contributed by atoms with Gasteiger partial charge >= 0.3 is 5.97 Å². The third-order valence-electron chi connectivity index (χ3n) is 3.02. The molecular weight excluding hydrogens is 188 g/mol. The molecule has 0 aromatic rings. The lowest BCUT2D eigenvalue weighted by Gasteiger charge is -2.42. The van der Waals surface area contributed by atoms with Crippen molar-refractivity contribution in [1.82, 2.24) is 0 Å². The number of thioether (sulfide) groups is 1. The minimum absolute atomic E-state index is 0.580. The lowest BCUT2D eigenvalue weighted by Crippen LogP contribution is -2.51. The molecule has 0 radical (unpaired) electrons. The molecule has 1 aliphatic heterocycles. The number of carbonyl (C=O) groups is 1. The molecule has 76 valence electrons. The summed E-state index contributed by atoms with van der Waals surface area (Å²) in [5.41, 5.74) is -2.06. The number of aliphatic carboxylic acids is 1. The maximum absolute atomic E-state index is 11.0. The first-order valence-electron chi connectivity index (χ1n) is 4.44. The van der Waals surface area contributed by atoms with E-state index in [4.69, 9.17) is 5.11 Å². The van der Waals surface area contributed by atoms with Gasteiger partial charge < -0.3 is 10.2 Å². The first-order chi connectivity index (χ1) is 5.90. The monoisotopic (exact) mass is 204 g/mol. The Labute approximate surface area is 82.5 Å². The summed E-state index contributed by atoms with van der Waals surface area (Å²) in [6.45, 7) is 3.20. The molecule has 1 rings (SSSR count). The number of carboxylic acids is 1. The summed E-state index contributed by atoms with van der Waals surface area (Å²) in [4.78, 5) is 11.0. The van der Waals surface area contributed by atoms with E-state index in [1.807, 2.05) is 0 Å². The smallest absolute Gasteiger partial charge is 0.312 e. The van der Waals surface area contributed by atoms with Gasteiger partial charge in [0.1, 0.15) is 0 Å². The van der Waals surface area contributed by atoms with E-state index in [9.17, 15) is 9.90 Å². The predicted octanol–water partition coefficient (Wildman–Crippen LogP) is 1.36. The van der Waals surface area contributed by atoms with E-state index >= 15 is 0 Å². The molecule has 0 unspecified atom stereocenters. The van der Waals surface area contributed by atoms with Crippen LogP contribution in [0.3, 0.4) is 0 Å². The van der Waals surface area contributed by atoms with Crippen LogP contribution in [0.1, 0.15) is 26.7 Å². The van der Waals surface area contributed by atoms with E-state index in [1.54, 1.807) is 25.6 Å². The summed E-state index contributed by atoms with van der Waals surface area (Å²) in [5.74, 6) is 0.794. The van der Waals surface area contributed by atoms with E-state index < -0.39 is 17.0 Å². The highest BCUT2D eigenvalue weighted by Crippen LogP contribution is 2.41. The zero-order valence-electron chi connectivity index (χ0n) is 8.04. The molecule has 0 bridgehead atoms. The van der Waals surface area contributed by atoms with Crippen molar-refractivity contribution in [2.45, 2.75) is 32.3 Å². The van der Waals surface area contributed by atoms with Crippen LogP contribution in [0.2, 0.25) is 0 Å². The lowest BCUT2D eigenvalue weighted by atomic mass is 9.71. The summed E-state index contributed by atoms with van der Waals surface area (Å²) in [5, 5.41) is 19.2. The first kappa shape index (κ1) is 10.9. The summed E-state index contributed by atoms with van der Waals surface area (Å²) in [7, 11) is 0. The highest BCUT2D eigenvalue weighted by Gasteiger charge is 2.49. The van der Waals surface area contributed by atoms with E-state index in [-0.39, 0.29) is 0 Å². The third-order valence-corrected chi connectivity index (χ3v) is 4.00. The average molecular weight is 204 g/mol. The third kappa shape index (κ3) is 1.83. The molecule has 0 aromatic carbocycles. The van der Waals surface area contributed by atoms with Crippen LogP contribution in [0.15, 0.2) is 0 Å². The second-order valence-electron chi connectivity index (χ2n) is 4.07. The number of hydrogen-bond donors (Lipinski definition) is 2. The van der Waals surface area contributed by atoms with Crippen LogP contribution in [-0.2, 0) is 4.79 Å².